The van der Waals surface area contributed by atoms with E-state index in [9.17, 15) is 5.11 Å². The van der Waals surface area contributed by atoms with Crippen LogP contribution in [0, 0.1) is 13.8 Å². The highest BCUT2D eigenvalue weighted by Crippen LogP contribution is 2.36. The number of aromatic amines is 1. The molecule has 1 atom stereocenters. The van der Waals surface area contributed by atoms with Gasteiger partial charge in [-0.05, 0) is 77.5 Å². The molecular formula is C21H22BrCl2NO3. The minimum absolute atomic E-state index is 0.546. The summed E-state index contributed by atoms with van der Waals surface area (Å²) in [5, 5.41) is 12.6. The third kappa shape index (κ3) is 4.34. The Morgan fingerprint density at radius 2 is 1.86 bits per heavy atom. The number of methoxy groups -OCH3 is 1. The van der Waals surface area contributed by atoms with Gasteiger partial charge in [-0.1, -0.05) is 29.3 Å². The Labute approximate surface area is 182 Å². The molecule has 3 rings (SSSR count). The number of hydrogen-bond acceptors (Lipinski definition) is 3. The van der Waals surface area contributed by atoms with Crippen LogP contribution in [0.4, 0.5) is 0 Å². The van der Waals surface area contributed by atoms with Crippen LogP contribution in [0.3, 0.4) is 0 Å². The summed E-state index contributed by atoms with van der Waals surface area (Å²) >= 11 is 15.9. The monoisotopic (exact) mass is 485 g/mol. The lowest BCUT2D eigenvalue weighted by atomic mass is 10.1. The third-order valence-electron chi connectivity index (χ3n) is 4.72. The highest BCUT2D eigenvalue weighted by atomic mass is 79.9. The summed E-state index contributed by atoms with van der Waals surface area (Å²) in [4.78, 5) is 3.24. The molecule has 0 aliphatic carbocycles. The number of fused-ring (bicyclic) bond motifs is 1. The average Bonchev–Trinajstić information content (AvgIpc) is 3.04. The third-order valence-corrected chi connectivity index (χ3v) is 6.69. The lowest BCUT2D eigenvalue weighted by Gasteiger charge is -2.12. The molecule has 1 heterocycles. The number of aromatic nitrogens is 1. The number of rotatable bonds is 7. The maximum Gasteiger partial charge on any atom is 0.196 e. The number of halogens is 3. The topological polar surface area (TPSA) is 54.5 Å². The van der Waals surface area contributed by atoms with Gasteiger partial charge >= 0.3 is 0 Å². The molecule has 2 N–H and O–H groups in total. The van der Waals surface area contributed by atoms with Gasteiger partial charge in [0.25, 0.3) is 0 Å². The fourth-order valence-corrected chi connectivity index (χ4v) is 4.02. The van der Waals surface area contributed by atoms with Crippen molar-refractivity contribution in [2.75, 3.05) is 13.7 Å². The largest absolute Gasteiger partial charge is 0.494 e. The molecule has 1 unspecified atom stereocenters. The molecule has 0 aliphatic rings. The van der Waals surface area contributed by atoms with Gasteiger partial charge in [0.05, 0.1) is 27.3 Å². The average molecular weight is 487 g/mol. The fraction of sp³-hybridized carbons (Fsp3) is 0.333. The molecule has 0 saturated heterocycles. The first-order valence-electron chi connectivity index (χ1n) is 8.92. The van der Waals surface area contributed by atoms with Crippen molar-refractivity contribution in [1.82, 2.24) is 4.98 Å². The maximum absolute atomic E-state index is 10.2. The number of ether oxygens (including phenoxy) is 2. The standard InChI is InChI=1S/C21H22BrCl2NO3/c1-11-9-13(10-12(2)18(11)24)28-8-4-5-14-15-6-7-16(23)17(22)19(15)25-20(14)21(26)27-3/h6-7,9-10,21,25-26H,4-5,8H2,1-3H3. The lowest BCUT2D eigenvalue weighted by molar-refractivity contribution is -0.0799. The Bertz CT molecular complexity index is 980. The molecule has 1 aromatic heterocycles. The van der Waals surface area contributed by atoms with E-state index in [1.165, 1.54) is 7.11 Å². The van der Waals surface area contributed by atoms with Gasteiger partial charge in [-0.15, -0.1) is 0 Å². The minimum Gasteiger partial charge on any atom is -0.494 e. The van der Waals surface area contributed by atoms with Crippen molar-refractivity contribution in [3.63, 3.8) is 0 Å². The predicted octanol–water partition coefficient (Wildman–Crippen LogP) is 6.50. The number of H-pyrrole nitrogens is 1. The summed E-state index contributed by atoms with van der Waals surface area (Å²) in [6, 6.07) is 7.68. The van der Waals surface area contributed by atoms with Crippen molar-refractivity contribution in [3.8, 4) is 5.75 Å². The normalized spacial score (nSPS) is 12.5. The van der Waals surface area contributed by atoms with Crippen LogP contribution in [-0.4, -0.2) is 23.8 Å². The van der Waals surface area contributed by atoms with E-state index in [-0.39, 0.29) is 0 Å². The van der Waals surface area contributed by atoms with E-state index in [2.05, 4.69) is 20.9 Å². The van der Waals surface area contributed by atoms with Crippen LogP contribution >= 0.6 is 39.1 Å². The lowest BCUT2D eigenvalue weighted by Crippen LogP contribution is -2.05. The molecule has 0 saturated carbocycles. The predicted molar refractivity (Wildman–Crippen MR) is 118 cm³/mol. The second-order valence-corrected chi connectivity index (χ2v) is 8.29. The minimum atomic E-state index is -1.03. The molecule has 0 amide bonds. The molecule has 28 heavy (non-hydrogen) atoms. The smallest absolute Gasteiger partial charge is 0.196 e. The summed E-state index contributed by atoms with van der Waals surface area (Å²) in [6.45, 7) is 4.48. The van der Waals surface area contributed by atoms with Gasteiger partial charge in [-0.25, -0.2) is 0 Å². The zero-order valence-electron chi connectivity index (χ0n) is 15.9. The number of aliphatic hydroxyl groups is 1. The van der Waals surface area contributed by atoms with E-state index >= 15 is 0 Å². The van der Waals surface area contributed by atoms with Crippen LogP contribution < -0.4 is 4.74 Å². The first-order valence-corrected chi connectivity index (χ1v) is 10.5. The van der Waals surface area contributed by atoms with Gasteiger partial charge in [0.15, 0.2) is 6.29 Å². The highest BCUT2D eigenvalue weighted by molar-refractivity contribution is 9.10. The molecule has 3 aromatic rings. The Balaban J connectivity index is 1.77. The molecule has 0 spiro atoms. The number of nitrogens with one attached hydrogen (secondary N) is 1. The Morgan fingerprint density at radius 1 is 1.18 bits per heavy atom. The van der Waals surface area contributed by atoms with Gasteiger partial charge in [0.1, 0.15) is 5.75 Å². The van der Waals surface area contributed by atoms with Crippen LogP contribution in [0.2, 0.25) is 10.0 Å². The molecule has 2 aromatic carbocycles. The van der Waals surface area contributed by atoms with Crippen LogP contribution in [-0.2, 0) is 11.2 Å². The van der Waals surface area contributed by atoms with Crippen LogP contribution in [0.25, 0.3) is 10.9 Å². The number of benzene rings is 2. The van der Waals surface area contributed by atoms with E-state index in [0.717, 1.165) is 55.7 Å². The van der Waals surface area contributed by atoms with Gasteiger partial charge in [0, 0.05) is 17.5 Å². The first-order chi connectivity index (χ1) is 13.3. The van der Waals surface area contributed by atoms with Gasteiger partial charge < -0.3 is 19.6 Å². The van der Waals surface area contributed by atoms with E-state index in [0.29, 0.717) is 17.3 Å². The van der Waals surface area contributed by atoms with Crippen molar-refractivity contribution in [2.45, 2.75) is 33.0 Å². The molecule has 4 nitrogen and oxygen atoms in total. The molecule has 0 fully saturated rings. The highest BCUT2D eigenvalue weighted by Gasteiger charge is 2.20. The van der Waals surface area contributed by atoms with Crippen molar-refractivity contribution in [1.29, 1.82) is 0 Å². The Morgan fingerprint density at radius 3 is 2.50 bits per heavy atom. The molecule has 0 bridgehead atoms. The van der Waals surface area contributed by atoms with E-state index < -0.39 is 6.29 Å². The summed E-state index contributed by atoms with van der Waals surface area (Å²) in [5.74, 6) is 0.810. The molecule has 0 radical (unpaired) electrons. The van der Waals surface area contributed by atoms with E-state index in [1.807, 2.05) is 38.1 Å². The van der Waals surface area contributed by atoms with E-state index in [1.54, 1.807) is 0 Å². The quantitative estimate of drug-likeness (QED) is 0.296. The number of aliphatic hydroxyl groups excluding tert-OH is 1. The number of aryl methyl sites for hydroxylation is 3. The van der Waals surface area contributed by atoms with Gasteiger partial charge in [-0.3, -0.25) is 0 Å². The van der Waals surface area contributed by atoms with Crippen molar-refractivity contribution in [2.24, 2.45) is 0 Å². The fourth-order valence-electron chi connectivity index (χ4n) is 3.31. The van der Waals surface area contributed by atoms with Gasteiger partial charge in [-0.2, -0.15) is 0 Å². The van der Waals surface area contributed by atoms with Gasteiger partial charge in [0.2, 0.25) is 0 Å². The Kier molecular flexibility index (Phi) is 6.94. The van der Waals surface area contributed by atoms with Crippen molar-refractivity contribution < 1.29 is 14.6 Å². The maximum atomic E-state index is 10.2. The zero-order valence-corrected chi connectivity index (χ0v) is 19.0. The second kappa shape index (κ2) is 9.06. The van der Waals surface area contributed by atoms with Crippen molar-refractivity contribution in [3.05, 3.63) is 61.2 Å². The first kappa shape index (κ1) is 21.5. The summed E-state index contributed by atoms with van der Waals surface area (Å²) in [6.07, 6.45) is 0.461. The number of hydrogen-bond donors (Lipinski definition) is 2. The summed E-state index contributed by atoms with van der Waals surface area (Å²) in [5.41, 5.74) is 4.48. The summed E-state index contributed by atoms with van der Waals surface area (Å²) < 4.78 is 11.8. The molecular weight excluding hydrogens is 465 g/mol. The van der Waals surface area contributed by atoms with Crippen molar-refractivity contribution >= 4 is 50.0 Å². The van der Waals surface area contributed by atoms with E-state index in [4.69, 9.17) is 32.7 Å². The van der Waals surface area contributed by atoms with Crippen LogP contribution in [0.15, 0.2) is 28.7 Å². The van der Waals surface area contributed by atoms with Crippen LogP contribution in [0.1, 0.15) is 35.1 Å². The van der Waals surface area contributed by atoms with Crippen LogP contribution in [0.5, 0.6) is 5.75 Å². The Hall–Kier alpha value is -1.24. The molecule has 0 aliphatic heterocycles. The SMILES string of the molecule is COC(O)c1[nH]c2c(Br)c(Cl)ccc2c1CCCOc1cc(C)c(Cl)c(C)c1. The second-order valence-electron chi connectivity index (χ2n) is 6.71. The summed E-state index contributed by atoms with van der Waals surface area (Å²) in [7, 11) is 1.47. The zero-order chi connectivity index (χ0) is 20.4. The molecule has 150 valence electrons. The molecule has 7 heteroatoms.